The zero-order chi connectivity index (χ0) is 26.5. The van der Waals surface area contributed by atoms with Crippen LogP contribution in [0.1, 0.15) is 31.0 Å². The van der Waals surface area contributed by atoms with Crippen molar-refractivity contribution in [1.29, 1.82) is 0 Å². The summed E-state index contributed by atoms with van der Waals surface area (Å²) in [7, 11) is 1.47. The molecule has 0 aliphatic carbocycles. The summed E-state index contributed by atoms with van der Waals surface area (Å²) < 4.78 is 62.4. The van der Waals surface area contributed by atoms with Gasteiger partial charge in [-0.15, -0.1) is 11.8 Å². The van der Waals surface area contributed by atoms with Gasteiger partial charge in [0, 0.05) is 34.7 Å². The van der Waals surface area contributed by atoms with Gasteiger partial charge in [-0.1, -0.05) is 0 Å². The van der Waals surface area contributed by atoms with E-state index in [1.165, 1.54) is 18.9 Å². The summed E-state index contributed by atoms with van der Waals surface area (Å²) >= 11 is 1.18. The summed E-state index contributed by atoms with van der Waals surface area (Å²) in [5.41, 5.74) is 0.363. The van der Waals surface area contributed by atoms with Crippen molar-refractivity contribution in [3.63, 3.8) is 0 Å². The number of carboxylic acid groups (broad SMARTS) is 1. The van der Waals surface area contributed by atoms with E-state index in [2.05, 4.69) is 4.98 Å². The average molecular weight is 537 g/mol. The van der Waals surface area contributed by atoms with Crippen LogP contribution in [-0.4, -0.2) is 53.5 Å². The third kappa shape index (κ3) is 6.54. The molecule has 3 atom stereocenters. The molecule has 0 bridgehead atoms. The highest BCUT2D eigenvalue weighted by atomic mass is 32.2. The Morgan fingerprint density at radius 2 is 2.03 bits per heavy atom. The first kappa shape index (κ1) is 27.2. The topological polar surface area (TPSA) is 62.7 Å². The lowest BCUT2D eigenvalue weighted by atomic mass is 9.81. The number of thioether (sulfide) groups is 1. The average Bonchev–Trinajstić information content (AvgIpc) is 2.89. The van der Waals surface area contributed by atoms with E-state index in [1.54, 1.807) is 18.2 Å². The number of likely N-dealkylation sites (tertiary alicyclic amines) is 1. The van der Waals surface area contributed by atoms with E-state index >= 15 is 4.39 Å². The number of carbonyl (C=O) groups is 1. The zero-order valence-electron chi connectivity index (χ0n) is 20.3. The molecular weight excluding hydrogens is 508 g/mol. The Hall–Kier alpha value is -2.85. The molecular formula is C27H28F4N2O3S. The van der Waals surface area contributed by atoms with Gasteiger partial charge in [0.25, 0.3) is 0 Å². The van der Waals surface area contributed by atoms with Crippen molar-refractivity contribution in [2.24, 2.45) is 11.8 Å². The van der Waals surface area contributed by atoms with Crippen LogP contribution in [0.2, 0.25) is 0 Å². The van der Waals surface area contributed by atoms with Gasteiger partial charge in [-0.25, -0.2) is 17.6 Å². The minimum absolute atomic E-state index is 0.0175. The highest BCUT2D eigenvalue weighted by molar-refractivity contribution is 7.99. The number of piperidine rings is 1. The van der Waals surface area contributed by atoms with E-state index in [0.717, 1.165) is 24.4 Å². The van der Waals surface area contributed by atoms with Gasteiger partial charge in [-0.05, 0) is 68.1 Å². The number of carboxylic acids is 1. The van der Waals surface area contributed by atoms with Crippen molar-refractivity contribution in [1.82, 2.24) is 9.88 Å². The lowest BCUT2D eigenvalue weighted by Gasteiger charge is -2.36. The van der Waals surface area contributed by atoms with Crippen molar-refractivity contribution < 1.29 is 32.2 Å². The summed E-state index contributed by atoms with van der Waals surface area (Å²) in [6, 6.07) is 8.15. The minimum Gasteiger partial charge on any atom is -0.497 e. The molecule has 0 spiro atoms. The maximum absolute atomic E-state index is 15.4. The molecule has 2 heterocycles. The normalized spacial score (nSPS) is 19.2. The summed E-state index contributed by atoms with van der Waals surface area (Å²) in [6.45, 7) is 1.41. The summed E-state index contributed by atoms with van der Waals surface area (Å²) in [6.07, 6.45) is 0.209. The standard InChI is InChI=1S/C27H28F4N2O3S/c1-36-18-4-7-24-19(13-18)26(23(31)14-32-24)22(30)5-2-16-8-9-33(15-20(16)27(34)35)10-11-37-25-12-17(28)3-6-21(25)29/h3-4,6-7,12-14,16,20,22H,2,5,8-11,15H2,1H3,(H,34,35)/t16-,20+,22-/m0/s1. The van der Waals surface area contributed by atoms with Crippen LogP contribution in [0, 0.1) is 29.3 Å². The Kier molecular flexibility index (Phi) is 8.91. The van der Waals surface area contributed by atoms with Gasteiger partial charge in [0.15, 0.2) is 0 Å². The number of alkyl halides is 1. The first-order valence-corrected chi connectivity index (χ1v) is 13.0. The van der Waals surface area contributed by atoms with Gasteiger partial charge < -0.3 is 14.7 Å². The predicted octanol–water partition coefficient (Wildman–Crippen LogP) is 6.27. The second-order valence-corrected chi connectivity index (χ2v) is 10.3. The van der Waals surface area contributed by atoms with E-state index in [9.17, 15) is 23.1 Å². The third-order valence-electron chi connectivity index (χ3n) is 6.89. The minimum atomic E-state index is -1.62. The number of ether oxygens (including phenoxy) is 1. The number of hydrogen-bond donors (Lipinski definition) is 1. The van der Waals surface area contributed by atoms with Crippen molar-refractivity contribution >= 4 is 28.6 Å². The molecule has 1 aliphatic rings. The van der Waals surface area contributed by atoms with Gasteiger partial charge in [-0.3, -0.25) is 9.78 Å². The number of hydrogen-bond acceptors (Lipinski definition) is 5. The van der Waals surface area contributed by atoms with E-state index < -0.39 is 35.5 Å². The number of benzene rings is 2. The van der Waals surface area contributed by atoms with E-state index in [1.807, 2.05) is 4.90 Å². The molecule has 1 aromatic heterocycles. The van der Waals surface area contributed by atoms with E-state index in [0.29, 0.717) is 48.3 Å². The van der Waals surface area contributed by atoms with Crippen LogP contribution >= 0.6 is 11.8 Å². The lowest BCUT2D eigenvalue weighted by molar-refractivity contribution is -0.146. The number of aromatic nitrogens is 1. The fourth-order valence-corrected chi connectivity index (χ4v) is 5.86. The first-order valence-electron chi connectivity index (χ1n) is 12.1. The van der Waals surface area contributed by atoms with Crippen LogP contribution in [0.15, 0.2) is 47.5 Å². The molecule has 198 valence electrons. The second kappa shape index (κ2) is 12.1. The van der Waals surface area contributed by atoms with Crippen LogP contribution in [0.4, 0.5) is 17.6 Å². The molecule has 3 aromatic rings. The summed E-state index contributed by atoms with van der Waals surface area (Å²) in [5.74, 6) is -2.73. The number of aliphatic carboxylic acids is 1. The molecule has 1 N–H and O–H groups in total. The fraction of sp³-hybridized carbons (Fsp3) is 0.407. The quantitative estimate of drug-likeness (QED) is 0.244. The molecule has 4 rings (SSSR count). The van der Waals surface area contributed by atoms with Crippen molar-refractivity contribution in [2.45, 2.75) is 30.3 Å². The zero-order valence-corrected chi connectivity index (χ0v) is 21.1. The Morgan fingerprint density at radius 3 is 2.78 bits per heavy atom. The maximum Gasteiger partial charge on any atom is 0.308 e. The largest absolute Gasteiger partial charge is 0.497 e. The Morgan fingerprint density at radius 1 is 1.22 bits per heavy atom. The summed E-state index contributed by atoms with van der Waals surface area (Å²) in [5, 5.41) is 10.2. The Bertz CT molecular complexity index is 1260. The first-order chi connectivity index (χ1) is 17.8. The number of fused-ring (bicyclic) bond motifs is 1. The van der Waals surface area contributed by atoms with Crippen LogP contribution in [-0.2, 0) is 4.79 Å². The second-order valence-electron chi connectivity index (χ2n) is 9.17. The number of halogens is 4. The van der Waals surface area contributed by atoms with Crippen molar-refractivity contribution in [3.05, 3.63) is 65.6 Å². The molecule has 37 heavy (non-hydrogen) atoms. The summed E-state index contributed by atoms with van der Waals surface area (Å²) in [4.78, 5) is 18.2. The molecule has 1 fully saturated rings. The number of nitrogens with zero attached hydrogens (tertiary/aromatic N) is 2. The molecule has 0 amide bonds. The number of rotatable bonds is 10. The monoisotopic (exact) mass is 536 g/mol. The number of methoxy groups -OCH3 is 1. The molecule has 0 saturated carbocycles. The molecule has 1 saturated heterocycles. The van der Waals surface area contributed by atoms with Crippen molar-refractivity contribution in [3.8, 4) is 5.75 Å². The molecule has 0 radical (unpaired) electrons. The van der Waals surface area contributed by atoms with E-state index in [-0.39, 0.29) is 29.3 Å². The maximum atomic E-state index is 15.4. The SMILES string of the molecule is COc1ccc2ncc(F)c([C@@H](F)CC[C@H]3CCN(CCSc4cc(F)ccc4F)C[C@H]3C(=O)O)c2c1. The fourth-order valence-electron chi connectivity index (χ4n) is 4.89. The highest BCUT2D eigenvalue weighted by Crippen LogP contribution is 2.37. The van der Waals surface area contributed by atoms with Gasteiger partial charge in [-0.2, -0.15) is 0 Å². The smallest absolute Gasteiger partial charge is 0.308 e. The third-order valence-corrected chi connectivity index (χ3v) is 7.90. The van der Waals surface area contributed by atoms with Gasteiger partial charge in [0.2, 0.25) is 0 Å². The van der Waals surface area contributed by atoms with Crippen LogP contribution < -0.4 is 4.74 Å². The molecule has 10 heteroatoms. The van der Waals surface area contributed by atoms with Crippen LogP contribution in [0.3, 0.4) is 0 Å². The molecule has 1 aliphatic heterocycles. The predicted molar refractivity (Wildman–Crippen MR) is 134 cm³/mol. The van der Waals surface area contributed by atoms with Crippen LogP contribution in [0.5, 0.6) is 5.75 Å². The Labute approximate surface area is 216 Å². The lowest BCUT2D eigenvalue weighted by Crippen LogP contribution is -2.44. The van der Waals surface area contributed by atoms with Gasteiger partial charge >= 0.3 is 5.97 Å². The highest BCUT2D eigenvalue weighted by Gasteiger charge is 2.35. The van der Waals surface area contributed by atoms with E-state index in [4.69, 9.17) is 4.74 Å². The Balaban J connectivity index is 1.36. The molecule has 0 unspecified atom stereocenters. The van der Waals surface area contributed by atoms with Gasteiger partial charge in [0.1, 0.15) is 29.4 Å². The van der Waals surface area contributed by atoms with Crippen molar-refractivity contribution in [2.75, 3.05) is 32.5 Å². The van der Waals surface area contributed by atoms with Crippen LogP contribution in [0.25, 0.3) is 10.9 Å². The van der Waals surface area contributed by atoms with Gasteiger partial charge in [0.05, 0.1) is 24.7 Å². The molecule has 5 nitrogen and oxygen atoms in total. The number of pyridine rings is 1. The molecule has 2 aromatic carbocycles.